The maximum absolute atomic E-state index is 10.1. The van der Waals surface area contributed by atoms with E-state index in [-0.39, 0.29) is 6.10 Å². The molecule has 1 aliphatic heterocycles. The molecule has 5 atom stereocenters. The van der Waals surface area contributed by atoms with Crippen LogP contribution in [0, 0.1) is 5.92 Å². The Kier molecular flexibility index (Phi) is 3.61. The molecular formula is C16H23NO2. The highest BCUT2D eigenvalue weighted by molar-refractivity contribution is 5.20. The highest BCUT2D eigenvalue weighted by Gasteiger charge is 2.52. The molecule has 0 spiro atoms. The van der Waals surface area contributed by atoms with Gasteiger partial charge in [-0.1, -0.05) is 30.3 Å². The largest absolute Gasteiger partial charge is 0.393 e. The predicted molar refractivity (Wildman–Crippen MR) is 74.9 cm³/mol. The number of nitrogens with zero attached hydrogens (tertiary/aromatic N) is 1. The zero-order valence-corrected chi connectivity index (χ0v) is 11.7. The molecule has 3 heteroatoms. The van der Waals surface area contributed by atoms with Crippen LogP contribution in [0.5, 0.6) is 0 Å². The van der Waals surface area contributed by atoms with Gasteiger partial charge in [-0.25, -0.2) is 0 Å². The van der Waals surface area contributed by atoms with Gasteiger partial charge in [-0.3, -0.25) is 4.90 Å². The number of ether oxygens (including phenoxy) is 1. The lowest BCUT2D eigenvalue weighted by molar-refractivity contribution is -0.0187. The van der Waals surface area contributed by atoms with Crippen molar-refractivity contribution in [1.82, 2.24) is 4.90 Å². The summed E-state index contributed by atoms with van der Waals surface area (Å²) in [6.07, 6.45) is 1.90. The molecule has 3 nitrogen and oxygen atoms in total. The van der Waals surface area contributed by atoms with Crippen LogP contribution in [0.3, 0.4) is 0 Å². The summed E-state index contributed by atoms with van der Waals surface area (Å²) in [5.41, 5.74) is 1.35. The molecule has 2 fully saturated rings. The molecule has 1 saturated heterocycles. The van der Waals surface area contributed by atoms with Crippen molar-refractivity contribution in [2.75, 3.05) is 13.7 Å². The normalized spacial score (nSPS) is 35.7. The molecule has 0 radical (unpaired) electrons. The summed E-state index contributed by atoms with van der Waals surface area (Å²) in [5.74, 6) is 0.385. The zero-order valence-electron chi connectivity index (χ0n) is 11.7. The molecule has 1 aromatic rings. The van der Waals surface area contributed by atoms with E-state index in [1.807, 2.05) is 0 Å². The minimum Gasteiger partial charge on any atom is -0.393 e. The van der Waals surface area contributed by atoms with Gasteiger partial charge in [-0.2, -0.15) is 0 Å². The summed E-state index contributed by atoms with van der Waals surface area (Å²) < 4.78 is 5.39. The maximum Gasteiger partial charge on any atom is 0.0622 e. The van der Waals surface area contributed by atoms with Crippen LogP contribution in [-0.2, 0) is 4.74 Å². The Morgan fingerprint density at radius 2 is 2.05 bits per heavy atom. The van der Waals surface area contributed by atoms with E-state index in [1.54, 1.807) is 7.11 Å². The van der Waals surface area contributed by atoms with Crippen molar-refractivity contribution in [2.24, 2.45) is 5.92 Å². The molecule has 2 aliphatic rings. The van der Waals surface area contributed by atoms with Gasteiger partial charge in [0.2, 0.25) is 0 Å². The minimum atomic E-state index is -0.135. The van der Waals surface area contributed by atoms with Crippen molar-refractivity contribution in [3.05, 3.63) is 35.9 Å². The Morgan fingerprint density at radius 1 is 1.32 bits per heavy atom. The number of methoxy groups -OCH3 is 1. The standard InChI is InChI=1S/C16H23NO2/c1-11(12-6-4-3-5-7-12)17-13-8-14(16(18)9-13)15(17)10-19-2/h3-7,11,13-16,18H,8-10H2,1-2H3/t11-,13+,14+,15?,16?/m1/s1. The van der Waals surface area contributed by atoms with Gasteiger partial charge in [0, 0.05) is 31.2 Å². The number of piperidine rings is 1. The molecule has 2 bridgehead atoms. The van der Waals surface area contributed by atoms with Gasteiger partial charge in [0.25, 0.3) is 0 Å². The zero-order chi connectivity index (χ0) is 13.4. The van der Waals surface area contributed by atoms with Crippen LogP contribution in [0.1, 0.15) is 31.4 Å². The number of likely N-dealkylation sites (tertiary alicyclic amines) is 1. The van der Waals surface area contributed by atoms with E-state index in [0.717, 1.165) is 19.4 Å². The molecule has 0 amide bonds. The lowest BCUT2D eigenvalue weighted by atomic mass is 9.94. The van der Waals surface area contributed by atoms with E-state index < -0.39 is 0 Å². The van der Waals surface area contributed by atoms with Crippen LogP contribution < -0.4 is 0 Å². The molecule has 2 unspecified atom stereocenters. The number of aliphatic hydroxyl groups excluding tert-OH is 1. The van der Waals surface area contributed by atoms with Crippen molar-refractivity contribution in [3.8, 4) is 0 Å². The third-order valence-corrected chi connectivity index (χ3v) is 4.92. The average Bonchev–Trinajstić information content (AvgIpc) is 2.96. The van der Waals surface area contributed by atoms with Crippen LogP contribution in [0.2, 0.25) is 0 Å². The smallest absolute Gasteiger partial charge is 0.0622 e. The summed E-state index contributed by atoms with van der Waals surface area (Å²) in [4.78, 5) is 2.57. The van der Waals surface area contributed by atoms with Crippen molar-refractivity contribution in [2.45, 2.75) is 44.0 Å². The maximum atomic E-state index is 10.1. The summed E-state index contributed by atoms with van der Waals surface area (Å²) in [7, 11) is 1.75. The molecule has 104 valence electrons. The SMILES string of the molecule is COCC1[C@@H]2C[C@@H](CC2O)N1[C@H](C)c1ccccc1. The second-order valence-electron chi connectivity index (χ2n) is 5.91. The van der Waals surface area contributed by atoms with Gasteiger partial charge in [0.05, 0.1) is 12.7 Å². The monoisotopic (exact) mass is 261 g/mol. The quantitative estimate of drug-likeness (QED) is 0.902. The summed E-state index contributed by atoms with van der Waals surface area (Å²) in [6, 6.07) is 11.9. The first-order chi connectivity index (χ1) is 9.22. The van der Waals surface area contributed by atoms with Crippen molar-refractivity contribution in [1.29, 1.82) is 0 Å². The number of hydrogen-bond acceptors (Lipinski definition) is 3. The van der Waals surface area contributed by atoms with Gasteiger partial charge in [0.15, 0.2) is 0 Å². The Labute approximate surface area is 115 Å². The molecule has 1 heterocycles. The second kappa shape index (κ2) is 5.23. The summed E-state index contributed by atoms with van der Waals surface area (Å²) in [5, 5.41) is 10.1. The highest BCUT2D eigenvalue weighted by Crippen LogP contribution is 2.46. The fourth-order valence-corrected chi connectivity index (χ4v) is 4.06. The molecule has 3 rings (SSSR count). The highest BCUT2D eigenvalue weighted by atomic mass is 16.5. The van der Waals surface area contributed by atoms with Crippen LogP contribution in [0.15, 0.2) is 30.3 Å². The number of hydrogen-bond donors (Lipinski definition) is 1. The van der Waals surface area contributed by atoms with Crippen molar-refractivity contribution in [3.63, 3.8) is 0 Å². The lowest BCUT2D eigenvalue weighted by Crippen LogP contribution is -2.48. The topological polar surface area (TPSA) is 32.7 Å². The number of aliphatic hydroxyl groups is 1. The first kappa shape index (κ1) is 13.1. The summed E-state index contributed by atoms with van der Waals surface area (Å²) >= 11 is 0. The Hall–Kier alpha value is -0.900. The van der Waals surface area contributed by atoms with E-state index >= 15 is 0 Å². The Bertz CT molecular complexity index is 422. The lowest BCUT2D eigenvalue weighted by Gasteiger charge is -2.41. The second-order valence-corrected chi connectivity index (χ2v) is 5.91. The molecule has 1 saturated carbocycles. The van der Waals surface area contributed by atoms with Gasteiger partial charge in [0.1, 0.15) is 0 Å². The third kappa shape index (κ3) is 2.20. The number of fused-ring (bicyclic) bond motifs is 2. The first-order valence-electron chi connectivity index (χ1n) is 7.21. The van der Waals surface area contributed by atoms with Crippen LogP contribution in [0.25, 0.3) is 0 Å². The van der Waals surface area contributed by atoms with E-state index in [1.165, 1.54) is 5.56 Å². The molecule has 1 aromatic carbocycles. The molecule has 19 heavy (non-hydrogen) atoms. The van der Waals surface area contributed by atoms with Gasteiger partial charge >= 0.3 is 0 Å². The molecule has 1 N–H and O–H groups in total. The average molecular weight is 261 g/mol. The van der Waals surface area contributed by atoms with Crippen molar-refractivity contribution < 1.29 is 9.84 Å². The van der Waals surface area contributed by atoms with E-state index in [9.17, 15) is 5.11 Å². The van der Waals surface area contributed by atoms with Crippen LogP contribution >= 0.6 is 0 Å². The minimum absolute atomic E-state index is 0.135. The fourth-order valence-electron chi connectivity index (χ4n) is 4.06. The molecular weight excluding hydrogens is 238 g/mol. The van der Waals surface area contributed by atoms with Gasteiger partial charge in [-0.05, 0) is 25.3 Å². The van der Waals surface area contributed by atoms with E-state index in [0.29, 0.717) is 24.0 Å². The van der Waals surface area contributed by atoms with Crippen molar-refractivity contribution >= 4 is 0 Å². The van der Waals surface area contributed by atoms with Crippen LogP contribution in [-0.4, -0.2) is 41.9 Å². The fraction of sp³-hybridized carbons (Fsp3) is 0.625. The Morgan fingerprint density at radius 3 is 2.74 bits per heavy atom. The predicted octanol–water partition coefficient (Wildman–Crippen LogP) is 2.22. The molecule has 0 aromatic heterocycles. The number of benzene rings is 1. The molecule has 1 aliphatic carbocycles. The van der Waals surface area contributed by atoms with Gasteiger partial charge in [-0.15, -0.1) is 0 Å². The third-order valence-electron chi connectivity index (χ3n) is 4.92. The first-order valence-corrected chi connectivity index (χ1v) is 7.21. The van der Waals surface area contributed by atoms with Gasteiger partial charge < -0.3 is 9.84 Å². The Balaban J connectivity index is 1.83. The van der Waals surface area contributed by atoms with E-state index in [4.69, 9.17) is 4.74 Å². The van der Waals surface area contributed by atoms with E-state index in [2.05, 4.69) is 42.2 Å². The number of rotatable bonds is 4. The summed E-state index contributed by atoms with van der Waals surface area (Å²) in [6.45, 7) is 2.99. The van der Waals surface area contributed by atoms with Crippen LogP contribution in [0.4, 0.5) is 0 Å².